The molecular weight excluding hydrogens is 372 g/mol. The minimum absolute atomic E-state index is 0.0324. The second-order valence-electron chi connectivity index (χ2n) is 5.80. The topological polar surface area (TPSA) is 70.5 Å². The van der Waals surface area contributed by atoms with Crippen molar-refractivity contribution in [2.75, 3.05) is 4.31 Å². The van der Waals surface area contributed by atoms with Gasteiger partial charge in [0.15, 0.2) is 0 Å². The molecule has 0 fully saturated rings. The number of nitrogens with zero attached hydrogens (tertiary/aromatic N) is 2. The summed E-state index contributed by atoms with van der Waals surface area (Å²) in [6.45, 7) is 1.83. The minimum Gasteiger partial charge on any atom is -0.508 e. The Labute approximate surface area is 157 Å². The van der Waals surface area contributed by atoms with Gasteiger partial charge in [-0.2, -0.15) is 0 Å². The summed E-state index contributed by atoms with van der Waals surface area (Å²) >= 11 is 5.88. The first-order valence-electron chi connectivity index (χ1n) is 7.85. The average molecular weight is 389 g/mol. The highest BCUT2D eigenvalue weighted by Gasteiger charge is 2.26. The van der Waals surface area contributed by atoms with Crippen LogP contribution < -0.4 is 4.31 Å². The summed E-state index contributed by atoms with van der Waals surface area (Å²) in [7, 11) is -3.86. The number of aryl methyl sites for hydroxylation is 1. The molecule has 3 rings (SSSR count). The summed E-state index contributed by atoms with van der Waals surface area (Å²) in [5.74, 6) is 0.0324. The average Bonchev–Trinajstić information content (AvgIpc) is 2.63. The third kappa shape index (κ3) is 3.81. The molecule has 1 aromatic heterocycles. The van der Waals surface area contributed by atoms with Crippen LogP contribution in [0, 0.1) is 6.92 Å². The Morgan fingerprint density at radius 2 is 1.85 bits per heavy atom. The fraction of sp³-hybridized carbons (Fsp3) is 0.105. The highest BCUT2D eigenvalue weighted by molar-refractivity contribution is 7.92. The number of hydrogen-bond acceptors (Lipinski definition) is 4. The summed E-state index contributed by atoms with van der Waals surface area (Å²) in [5.41, 5.74) is 1.76. The minimum atomic E-state index is -3.86. The molecule has 0 bridgehead atoms. The van der Waals surface area contributed by atoms with Crippen LogP contribution in [0.15, 0.2) is 71.9 Å². The van der Waals surface area contributed by atoms with E-state index in [-0.39, 0.29) is 17.2 Å². The first-order chi connectivity index (χ1) is 12.4. The van der Waals surface area contributed by atoms with Gasteiger partial charge in [-0.25, -0.2) is 8.42 Å². The van der Waals surface area contributed by atoms with Crippen molar-refractivity contribution in [3.8, 4) is 5.75 Å². The Hall–Kier alpha value is -2.57. The van der Waals surface area contributed by atoms with E-state index in [1.807, 2.05) is 0 Å². The summed E-state index contributed by atoms with van der Waals surface area (Å²) in [6.07, 6.45) is 3.23. The number of phenols is 1. The van der Waals surface area contributed by atoms with Crippen molar-refractivity contribution in [1.29, 1.82) is 0 Å². The van der Waals surface area contributed by atoms with Gasteiger partial charge >= 0.3 is 0 Å². The van der Waals surface area contributed by atoms with Crippen LogP contribution >= 0.6 is 11.6 Å². The first kappa shape index (κ1) is 18.2. The van der Waals surface area contributed by atoms with Gasteiger partial charge in [0.05, 0.1) is 17.1 Å². The van der Waals surface area contributed by atoms with Gasteiger partial charge in [-0.1, -0.05) is 23.7 Å². The molecule has 0 spiro atoms. The number of aromatic nitrogens is 1. The van der Waals surface area contributed by atoms with E-state index in [1.165, 1.54) is 34.6 Å². The number of hydrogen-bond donors (Lipinski definition) is 1. The lowest BCUT2D eigenvalue weighted by Gasteiger charge is -2.25. The number of rotatable bonds is 5. The monoisotopic (exact) mass is 388 g/mol. The van der Waals surface area contributed by atoms with E-state index in [0.717, 1.165) is 5.56 Å². The first-order valence-corrected chi connectivity index (χ1v) is 9.66. The predicted molar refractivity (Wildman–Crippen MR) is 102 cm³/mol. The smallest absolute Gasteiger partial charge is 0.264 e. The largest absolute Gasteiger partial charge is 0.508 e. The van der Waals surface area contributed by atoms with E-state index in [4.69, 9.17) is 11.6 Å². The van der Waals surface area contributed by atoms with E-state index < -0.39 is 10.0 Å². The quantitative estimate of drug-likeness (QED) is 0.712. The predicted octanol–water partition coefficient (Wildman–Crippen LogP) is 4.14. The van der Waals surface area contributed by atoms with Crippen LogP contribution in [0.1, 0.15) is 11.1 Å². The van der Waals surface area contributed by atoms with Gasteiger partial charge in [0.25, 0.3) is 10.0 Å². The molecule has 0 unspecified atom stereocenters. The Bertz CT molecular complexity index is 1010. The number of benzene rings is 2. The van der Waals surface area contributed by atoms with E-state index in [0.29, 0.717) is 16.3 Å². The normalized spacial score (nSPS) is 11.3. The van der Waals surface area contributed by atoms with Crippen LogP contribution in [-0.2, 0) is 16.6 Å². The van der Waals surface area contributed by atoms with E-state index >= 15 is 0 Å². The van der Waals surface area contributed by atoms with Crippen molar-refractivity contribution in [1.82, 2.24) is 4.98 Å². The fourth-order valence-electron chi connectivity index (χ4n) is 2.46. The van der Waals surface area contributed by atoms with Gasteiger partial charge in [-0.3, -0.25) is 9.29 Å². The zero-order valence-electron chi connectivity index (χ0n) is 14.0. The van der Waals surface area contributed by atoms with Crippen LogP contribution in [0.4, 0.5) is 5.69 Å². The van der Waals surface area contributed by atoms with Crippen molar-refractivity contribution < 1.29 is 13.5 Å². The van der Waals surface area contributed by atoms with E-state index in [9.17, 15) is 13.5 Å². The Kier molecular flexibility index (Phi) is 5.15. The third-order valence-electron chi connectivity index (χ3n) is 3.93. The SMILES string of the molecule is Cc1ccc(N(Cc2cccnc2)S(=O)(=O)c2ccc(Cl)cc2)cc1O. The van der Waals surface area contributed by atoms with Crippen molar-refractivity contribution in [3.05, 3.63) is 83.1 Å². The second kappa shape index (κ2) is 7.35. The van der Waals surface area contributed by atoms with Crippen molar-refractivity contribution in [2.45, 2.75) is 18.4 Å². The number of anilines is 1. The molecule has 0 aliphatic heterocycles. The lowest BCUT2D eigenvalue weighted by atomic mass is 10.2. The fourth-order valence-corrected chi connectivity index (χ4v) is 4.03. The Morgan fingerprint density at radius 3 is 2.46 bits per heavy atom. The molecule has 1 N–H and O–H groups in total. The molecule has 3 aromatic rings. The van der Waals surface area contributed by atoms with Gasteiger partial charge < -0.3 is 5.11 Å². The zero-order valence-corrected chi connectivity index (χ0v) is 15.6. The van der Waals surface area contributed by atoms with Crippen LogP contribution in [0.5, 0.6) is 5.75 Å². The molecule has 0 radical (unpaired) electrons. The molecule has 5 nitrogen and oxygen atoms in total. The number of aromatic hydroxyl groups is 1. The zero-order chi connectivity index (χ0) is 18.7. The molecule has 7 heteroatoms. The molecule has 26 heavy (non-hydrogen) atoms. The van der Waals surface area contributed by atoms with Crippen molar-refractivity contribution in [3.63, 3.8) is 0 Å². The summed E-state index contributed by atoms with van der Waals surface area (Å²) in [6, 6.07) is 14.3. The summed E-state index contributed by atoms with van der Waals surface area (Å²) in [4.78, 5) is 4.16. The number of pyridine rings is 1. The number of sulfonamides is 1. The molecule has 0 atom stereocenters. The standard InChI is InChI=1S/C19H17ClN2O3S/c1-14-4-7-17(11-19(14)23)22(13-15-3-2-10-21-12-15)26(24,25)18-8-5-16(20)6-9-18/h2-12,23H,13H2,1H3. The van der Waals surface area contributed by atoms with Crippen LogP contribution in [0.2, 0.25) is 5.02 Å². The highest BCUT2D eigenvalue weighted by Crippen LogP contribution is 2.30. The lowest BCUT2D eigenvalue weighted by molar-refractivity contribution is 0.471. The molecule has 134 valence electrons. The maximum Gasteiger partial charge on any atom is 0.264 e. The molecule has 0 aliphatic carbocycles. The maximum absolute atomic E-state index is 13.2. The number of halogens is 1. The molecule has 0 aliphatic rings. The van der Waals surface area contributed by atoms with Gasteiger partial charge in [0.1, 0.15) is 5.75 Å². The van der Waals surface area contributed by atoms with E-state index in [1.54, 1.807) is 43.6 Å². The van der Waals surface area contributed by atoms with Crippen LogP contribution in [0.25, 0.3) is 0 Å². The molecule has 0 saturated heterocycles. The second-order valence-corrected chi connectivity index (χ2v) is 8.10. The molecule has 0 saturated carbocycles. The summed E-state index contributed by atoms with van der Waals surface area (Å²) < 4.78 is 27.7. The van der Waals surface area contributed by atoms with Crippen LogP contribution in [-0.4, -0.2) is 18.5 Å². The highest BCUT2D eigenvalue weighted by atomic mass is 35.5. The van der Waals surface area contributed by atoms with Crippen molar-refractivity contribution >= 4 is 27.3 Å². The summed E-state index contributed by atoms with van der Waals surface area (Å²) in [5, 5.41) is 10.5. The molecular formula is C19H17ClN2O3S. The maximum atomic E-state index is 13.2. The third-order valence-corrected chi connectivity index (χ3v) is 5.97. The Balaban J connectivity index is 2.10. The van der Waals surface area contributed by atoms with Gasteiger partial charge in [-0.15, -0.1) is 0 Å². The van der Waals surface area contributed by atoms with Crippen LogP contribution in [0.3, 0.4) is 0 Å². The van der Waals surface area contributed by atoms with Gasteiger partial charge in [0, 0.05) is 23.5 Å². The molecule has 0 amide bonds. The van der Waals surface area contributed by atoms with E-state index in [2.05, 4.69) is 4.98 Å². The Morgan fingerprint density at radius 1 is 1.12 bits per heavy atom. The van der Waals surface area contributed by atoms with Gasteiger partial charge in [-0.05, 0) is 54.4 Å². The lowest BCUT2D eigenvalue weighted by Crippen LogP contribution is -2.30. The number of phenolic OH excluding ortho intramolecular Hbond substituents is 1. The van der Waals surface area contributed by atoms with Gasteiger partial charge in [0.2, 0.25) is 0 Å². The van der Waals surface area contributed by atoms with Crippen molar-refractivity contribution in [2.24, 2.45) is 0 Å². The molecule has 1 heterocycles. The molecule has 2 aromatic carbocycles.